The summed E-state index contributed by atoms with van der Waals surface area (Å²) in [5, 5.41) is 9.60. The van der Waals surface area contributed by atoms with Gasteiger partial charge in [-0.05, 0) is 41.0 Å². The molecule has 0 spiro atoms. The maximum absolute atomic E-state index is 11.2. The first-order valence-corrected chi connectivity index (χ1v) is 7.91. The Morgan fingerprint density at radius 2 is 2.00 bits per heavy atom. The molecule has 0 radical (unpaired) electrons. The molecule has 0 atom stereocenters. The predicted octanol–water partition coefficient (Wildman–Crippen LogP) is 3.19. The van der Waals surface area contributed by atoms with E-state index in [-0.39, 0.29) is 6.61 Å². The van der Waals surface area contributed by atoms with Gasteiger partial charge >= 0.3 is 0 Å². The van der Waals surface area contributed by atoms with Gasteiger partial charge in [-0.2, -0.15) is 0 Å². The van der Waals surface area contributed by atoms with Crippen molar-refractivity contribution in [2.45, 2.75) is 0 Å². The van der Waals surface area contributed by atoms with Crippen LogP contribution in [0.5, 0.6) is 11.5 Å². The van der Waals surface area contributed by atoms with Crippen LogP contribution in [0.4, 0.5) is 0 Å². The number of rotatable bonds is 6. The van der Waals surface area contributed by atoms with Crippen molar-refractivity contribution in [2.24, 2.45) is 0 Å². The van der Waals surface area contributed by atoms with Crippen LogP contribution in [0.2, 0.25) is 0 Å². The number of amides is 1. The van der Waals surface area contributed by atoms with E-state index in [2.05, 4.69) is 11.6 Å². The van der Waals surface area contributed by atoms with Crippen molar-refractivity contribution < 1.29 is 19.5 Å². The molecule has 6 nitrogen and oxygen atoms in total. The number of carbonyl (C=O) groups excluding carboxylic acids is 1. The first-order valence-electron chi connectivity index (χ1n) is 7.91. The van der Waals surface area contributed by atoms with E-state index in [0.29, 0.717) is 11.5 Å². The molecular formula is C20H18N2O4. The molecule has 2 N–H and O–H groups in total. The number of aromatic nitrogens is 1. The lowest BCUT2D eigenvalue weighted by molar-refractivity contribution is -0.131. The van der Waals surface area contributed by atoms with Gasteiger partial charge in [-0.15, -0.1) is 0 Å². The highest BCUT2D eigenvalue weighted by atomic mass is 16.5. The Balaban J connectivity index is 1.97. The maximum atomic E-state index is 11.2. The van der Waals surface area contributed by atoms with Crippen molar-refractivity contribution in [3.05, 3.63) is 72.4 Å². The number of ether oxygens (including phenoxy) is 2. The minimum absolute atomic E-state index is 0.332. The van der Waals surface area contributed by atoms with Gasteiger partial charge in [-0.3, -0.25) is 15.0 Å². The van der Waals surface area contributed by atoms with Crippen molar-refractivity contribution in [1.29, 1.82) is 0 Å². The second kappa shape index (κ2) is 7.67. The van der Waals surface area contributed by atoms with Gasteiger partial charge in [0.05, 0.1) is 12.6 Å². The normalized spacial score (nSPS) is 10.4. The number of methoxy groups -OCH3 is 1. The highest BCUT2D eigenvalue weighted by Crippen LogP contribution is 2.34. The number of hydroxylamine groups is 1. The molecule has 0 aliphatic carbocycles. The summed E-state index contributed by atoms with van der Waals surface area (Å²) >= 11 is 0. The minimum Gasteiger partial charge on any atom is -0.493 e. The summed E-state index contributed by atoms with van der Waals surface area (Å²) in [4.78, 5) is 15.6. The zero-order chi connectivity index (χ0) is 18.5. The Bertz CT molecular complexity index is 964. The number of hydrogen-bond donors (Lipinski definition) is 2. The number of nitrogens with one attached hydrogen (secondary N) is 1. The Kier molecular flexibility index (Phi) is 5.15. The van der Waals surface area contributed by atoms with Gasteiger partial charge in [0, 0.05) is 11.6 Å². The highest BCUT2D eigenvalue weighted by Gasteiger charge is 2.12. The van der Waals surface area contributed by atoms with Crippen LogP contribution in [-0.4, -0.2) is 29.8 Å². The molecule has 6 heteroatoms. The summed E-state index contributed by atoms with van der Waals surface area (Å²) in [6.45, 7) is 3.88. The second-order valence-corrected chi connectivity index (χ2v) is 5.54. The van der Waals surface area contributed by atoms with E-state index in [1.54, 1.807) is 18.3 Å². The van der Waals surface area contributed by atoms with E-state index < -0.39 is 5.91 Å². The first-order chi connectivity index (χ1) is 12.6. The van der Waals surface area contributed by atoms with E-state index in [4.69, 9.17) is 14.7 Å². The van der Waals surface area contributed by atoms with Gasteiger partial charge in [0.1, 0.15) is 0 Å². The van der Waals surface area contributed by atoms with Crippen LogP contribution in [-0.2, 0) is 4.79 Å². The summed E-state index contributed by atoms with van der Waals surface area (Å²) in [7, 11) is 1.51. The summed E-state index contributed by atoms with van der Waals surface area (Å²) < 4.78 is 10.7. The minimum atomic E-state index is -0.656. The molecule has 1 heterocycles. The number of carbonyl (C=O) groups is 1. The van der Waals surface area contributed by atoms with E-state index >= 15 is 0 Å². The van der Waals surface area contributed by atoms with Crippen LogP contribution in [0.25, 0.3) is 16.5 Å². The molecule has 3 rings (SSSR count). The third-order valence-corrected chi connectivity index (χ3v) is 3.97. The number of benzene rings is 2. The van der Waals surface area contributed by atoms with Crippen molar-refractivity contribution >= 4 is 22.4 Å². The highest BCUT2D eigenvalue weighted by molar-refractivity contribution is 5.95. The summed E-state index contributed by atoms with van der Waals surface area (Å²) in [6.07, 6.45) is 1.75. The Hall–Kier alpha value is -3.38. The standard InChI is InChI=1S/C20H18N2O4/c1-13(15-9-10-21-17-6-4-3-5-16(15)17)14-7-8-18(25-2)19(11-14)26-12-20(23)22-24/h3-11,24H,1,12H2,2H3,(H,22,23). The average molecular weight is 350 g/mol. The zero-order valence-electron chi connectivity index (χ0n) is 14.2. The quantitative estimate of drug-likeness (QED) is 0.527. The molecule has 0 saturated heterocycles. The Morgan fingerprint density at radius 1 is 1.19 bits per heavy atom. The lowest BCUT2D eigenvalue weighted by Crippen LogP contribution is -2.25. The number of nitrogens with zero attached hydrogens (tertiary/aromatic N) is 1. The van der Waals surface area contributed by atoms with Crippen molar-refractivity contribution in [2.75, 3.05) is 13.7 Å². The number of hydrogen-bond acceptors (Lipinski definition) is 5. The molecule has 0 bridgehead atoms. The van der Waals surface area contributed by atoms with Crippen LogP contribution < -0.4 is 15.0 Å². The Labute approximate surface area is 150 Å². The topological polar surface area (TPSA) is 80.7 Å². The largest absolute Gasteiger partial charge is 0.493 e. The zero-order valence-corrected chi connectivity index (χ0v) is 14.2. The molecule has 0 fully saturated rings. The predicted molar refractivity (Wildman–Crippen MR) is 98.3 cm³/mol. The van der Waals surface area contributed by atoms with Crippen molar-refractivity contribution in [3.63, 3.8) is 0 Å². The van der Waals surface area contributed by atoms with E-state index in [0.717, 1.165) is 27.6 Å². The Morgan fingerprint density at radius 3 is 2.77 bits per heavy atom. The lowest BCUT2D eigenvalue weighted by atomic mass is 9.96. The van der Waals surface area contributed by atoms with Crippen LogP contribution in [0, 0.1) is 0 Å². The summed E-state index contributed by atoms with van der Waals surface area (Å²) in [5.74, 6) is 0.205. The van der Waals surface area contributed by atoms with E-state index in [1.165, 1.54) is 12.6 Å². The number of para-hydroxylation sites is 1. The number of pyridine rings is 1. The molecule has 0 aliphatic heterocycles. The summed E-state index contributed by atoms with van der Waals surface area (Å²) in [5.41, 5.74) is 4.98. The second-order valence-electron chi connectivity index (χ2n) is 5.54. The van der Waals surface area contributed by atoms with E-state index in [1.807, 2.05) is 36.4 Å². The SMILES string of the molecule is C=C(c1ccc(OC)c(OCC(=O)NO)c1)c1ccnc2ccccc12. The molecule has 0 aliphatic rings. The summed E-state index contributed by atoms with van der Waals surface area (Å²) in [6, 6.07) is 15.1. The fourth-order valence-corrected chi connectivity index (χ4v) is 2.67. The van der Waals surface area contributed by atoms with Gasteiger partial charge < -0.3 is 9.47 Å². The fourth-order valence-electron chi connectivity index (χ4n) is 2.67. The molecule has 1 aromatic heterocycles. The van der Waals surface area contributed by atoms with E-state index in [9.17, 15) is 4.79 Å². The van der Waals surface area contributed by atoms with Gasteiger partial charge in [-0.25, -0.2) is 5.48 Å². The third-order valence-electron chi connectivity index (χ3n) is 3.97. The molecule has 2 aromatic carbocycles. The van der Waals surface area contributed by atoms with Crippen LogP contribution in [0.1, 0.15) is 11.1 Å². The number of fused-ring (bicyclic) bond motifs is 1. The molecule has 0 saturated carbocycles. The van der Waals surface area contributed by atoms with Crippen LogP contribution in [0.15, 0.2) is 61.3 Å². The van der Waals surface area contributed by atoms with Crippen LogP contribution in [0.3, 0.4) is 0 Å². The smallest absolute Gasteiger partial charge is 0.281 e. The molecule has 26 heavy (non-hydrogen) atoms. The molecule has 132 valence electrons. The molecule has 1 amide bonds. The monoisotopic (exact) mass is 350 g/mol. The van der Waals surface area contributed by atoms with Crippen LogP contribution >= 0.6 is 0 Å². The van der Waals surface area contributed by atoms with Crippen molar-refractivity contribution in [3.8, 4) is 11.5 Å². The van der Waals surface area contributed by atoms with Gasteiger partial charge in [0.2, 0.25) is 0 Å². The first kappa shape index (κ1) is 17.4. The fraction of sp³-hybridized carbons (Fsp3) is 0.100. The molecular weight excluding hydrogens is 332 g/mol. The lowest BCUT2D eigenvalue weighted by Gasteiger charge is -2.14. The van der Waals surface area contributed by atoms with Crippen molar-refractivity contribution in [1.82, 2.24) is 10.5 Å². The molecule has 3 aromatic rings. The van der Waals surface area contributed by atoms with Gasteiger partial charge in [-0.1, -0.05) is 30.8 Å². The third kappa shape index (κ3) is 3.50. The maximum Gasteiger partial charge on any atom is 0.281 e. The molecule has 0 unspecified atom stereocenters. The van der Waals surface area contributed by atoms with Gasteiger partial charge in [0.25, 0.3) is 5.91 Å². The average Bonchev–Trinajstić information content (AvgIpc) is 2.70. The van der Waals surface area contributed by atoms with Gasteiger partial charge in [0.15, 0.2) is 18.1 Å².